The summed E-state index contributed by atoms with van der Waals surface area (Å²) in [6, 6.07) is 16.5. The van der Waals surface area contributed by atoms with Crippen molar-refractivity contribution in [1.29, 1.82) is 0 Å². The third-order valence-electron chi connectivity index (χ3n) is 3.48. The highest BCUT2D eigenvalue weighted by molar-refractivity contribution is 6.33. The molecule has 1 amide bonds. The molecule has 0 atom stereocenters. The predicted octanol–water partition coefficient (Wildman–Crippen LogP) is 3.72. The molecular weight excluding hydrogens is 366 g/mol. The Kier molecular flexibility index (Phi) is 5.91. The van der Waals surface area contributed by atoms with Crippen molar-refractivity contribution in [1.82, 2.24) is 10.4 Å². The maximum atomic E-state index is 12.2. The number of carbonyl (C=O) groups excluding carboxylic acids is 2. The van der Waals surface area contributed by atoms with Gasteiger partial charge < -0.3 is 4.74 Å². The van der Waals surface area contributed by atoms with Gasteiger partial charge in [-0.15, -0.1) is 0 Å². The second kappa shape index (κ2) is 8.73. The van der Waals surface area contributed by atoms with Crippen LogP contribution in [0.25, 0.3) is 0 Å². The van der Waals surface area contributed by atoms with Crippen molar-refractivity contribution in [3.8, 4) is 5.75 Å². The number of hydrogen-bond acceptors (Lipinski definition) is 5. The first-order valence-electron chi connectivity index (χ1n) is 7.94. The van der Waals surface area contributed by atoms with Crippen LogP contribution in [0.2, 0.25) is 5.02 Å². The number of carbonyl (C=O) groups is 2. The summed E-state index contributed by atoms with van der Waals surface area (Å²) in [5, 5.41) is 4.22. The molecule has 0 aliphatic carbocycles. The molecule has 1 heterocycles. The third-order valence-corrected chi connectivity index (χ3v) is 3.81. The van der Waals surface area contributed by atoms with Crippen LogP contribution in [0, 0.1) is 0 Å². The van der Waals surface area contributed by atoms with Gasteiger partial charge in [-0.3, -0.25) is 9.78 Å². The Bertz CT molecular complexity index is 991. The number of esters is 1. The molecule has 0 unspecified atom stereocenters. The lowest BCUT2D eigenvalue weighted by molar-refractivity contribution is 0.0734. The molecule has 2 aromatic carbocycles. The molecular formula is C20H14ClN3O3. The van der Waals surface area contributed by atoms with E-state index in [9.17, 15) is 9.59 Å². The van der Waals surface area contributed by atoms with Gasteiger partial charge in [-0.05, 0) is 42.0 Å². The lowest BCUT2D eigenvalue weighted by Crippen LogP contribution is -2.17. The van der Waals surface area contributed by atoms with Gasteiger partial charge in [-0.1, -0.05) is 35.9 Å². The van der Waals surface area contributed by atoms with Crippen LogP contribution in [0.4, 0.5) is 0 Å². The van der Waals surface area contributed by atoms with Gasteiger partial charge in [-0.2, -0.15) is 5.10 Å². The molecule has 0 aliphatic heterocycles. The molecule has 0 aliphatic rings. The van der Waals surface area contributed by atoms with Gasteiger partial charge in [0.15, 0.2) is 0 Å². The van der Waals surface area contributed by atoms with E-state index in [1.54, 1.807) is 60.7 Å². The molecule has 0 saturated carbocycles. The van der Waals surface area contributed by atoms with Crippen LogP contribution in [0.3, 0.4) is 0 Å². The number of benzene rings is 2. The Morgan fingerprint density at radius 1 is 1.04 bits per heavy atom. The van der Waals surface area contributed by atoms with Gasteiger partial charge in [0, 0.05) is 18.0 Å². The molecule has 3 aromatic rings. The van der Waals surface area contributed by atoms with Crippen LogP contribution in [0.1, 0.15) is 26.3 Å². The van der Waals surface area contributed by atoms with Gasteiger partial charge >= 0.3 is 5.97 Å². The number of halogens is 1. The molecule has 1 aromatic heterocycles. The van der Waals surface area contributed by atoms with Crippen molar-refractivity contribution < 1.29 is 14.3 Å². The van der Waals surface area contributed by atoms with Crippen molar-refractivity contribution in [2.45, 2.75) is 0 Å². The summed E-state index contributed by atoms with van der Waals surface area (Å²) in [6.07, 6.45) is 4.50. The highest BCUT2D eigenvalue weighted by Crippen LogP contribution is 2.19. The molecule has 0 radical (unpaired) electrons. The number of nitrogens with zero attached hydrogens (tertiary/aromatic N) is 2. The first kappa shape index (κ1) is 18.3. The number of amides is 1. The van der Waals surface area contributed by atoms with E-state index in [0.29, 0.717) is 21.9 Å². The molecule has 3 rings (SSSR count). The van der Waals surface area contributed by atoms with Crippen molar-refractivity contribution >= 4 is 29.7 Å². The Hall–Kier alpha value is -3.51. The number of nitrogens with one attached hydrogen (secondary N) is 1. The van der Waals surface area contributed by atoms with E-state index >= 15 is 0 Å². The van der Waals surface area contributed by atoms with Crippen molar-refractivity contribution in [3.63, 3.8) is 0 Å². The lowest BCUT2D eigenvalue weighted by atomic mass is 10.2. The zero-order valence-electron chi connectivity index (χ0n) is 14.0. The van der Waals surface area contributed by atoms with E-state index < -0.39 is 5.97 Å². The normalized spacial score (nSPS) is 10.6. The van der Waals surface area contributed by atoms with Crippen LogP contribution < -0.4 is 10.2 Å². The van der Waals surface area contributed by atoms with Crippen LogP contribution >= 0.6 is 11.6 Å². The van der Waals surface area contributed by atoms with E-state index in [4.69, 9.17) is 16.3 Å². The number of ether oxygens (including phenoxy) is 1. The SMILES string of the molecule is O=C(NN=Cc1cccc(OC(=O)c2ccccc2Cl)c1)c1ccncc1. The van der Waals surface area contributed by atoms with E-state index in [-0.39, 0.29) is 11.5 Å². The second-order valence-corrected chi connectivity index (χ2v) is 5.78. The minimum absolute atomic E-state index is 0.280. The molecule has 6 nitrogen and oxygen atoms in total. The van der Waals surface area contributed by atoms with Crippen LogP contribution in [-0.4, -0.2) is 23.1 Å². The molecule has 7 heteroatoms. The number of pyridine rings is 1. The van der Waals surface area contributed by atoms with Crippen molar-refractivity contribution in [2.75, 3.05) is 0 Å². The maximum Gasteiger partial charge on any atom is 0.345 e. The fraction of sp³-hybridized carbons (Fsp3) is 0. The Balaban J connectivity index is 1.64. The summed E-state index contributed by atoms with van der Waals surface area (Å²) in [6.45, 7) is 0. The van der Waals surface area contributed by atoms with Crippen LogP contribution in [0.5, 0.6) is 5.75 Å². The fourth-order valence-electron chi connectivity index (χ4n) is 2.18. The van der Waals surface area contributed by atoms with Crippen molar-refractivity contribution in [3.05, 3.63) is 94.8 Å². The van der Waals surface area contributed by atoms with E-state index in [2.05, 4.69) is 15.5 Å². The molecule has 1 N–H and O–H groups in total. The zero-order valence-corrected chi connectivity index (χ0v) is 14.8. The predicted molar refractivity (Wildman–Crippen MR) is 102 cm³/mol. The highest BCUT2D eigenvalue weighted by Gasteiger charge is 2.12. The first-order chi connectivity index (χ1) is 13.1. The van der Waals surface area contributed by atoms with E-state index in [0.717, 1.165) is 0 Å². The second-order valence-electron chi connectivity index (χ2n) is 5.38. The largest absolute Gasteiger partial charge is 0.423 e. The fourth-order valence-corrected chi connectivity index (χ4v) is 2.39. The zero-order chi connectivity index (χ0) is 19.1. The number of rotatable bonds is 5. The number of aromatic nitrogens is 1. The minimum Gasteiger partial charge on any atom is -0.423 e. The quantitative estimate of drug-likeness (QED) is 0.317. The molecule has 134 valence electrons. The summed E-state index contributed by atoms with van der Waals surface area (Å²) in [5.41, 5.74) is 3.80. The Morgan fingerprint density at radius 2 is 1.81 bits per heavy atom. The van der Waals surface area contributed by atoms with E-state index in [1.807, 2.05) is 0 Å². The summed E-state index contributed by atoms with van der Waals surface area (Å²) >= 11 is 6.00. The standard InChI is InChI=1S/C20H14ClN3O3/c21-18-7-2-1-6-17(18)20(26)27-16-5-3-4-14(12-16)13-23-24-19(25)15-8-10-22-11-9-15/h1-13H,(H,24,25). The number of hydrogen-bond donors (Lipinski definition) is 1. The highest BCUT2D eigenvalue weighted by atomic mass is 35.5. The third kappa shape index (κ3) is 4.99. The molecule has 0 bridgehead atoms. The van der Waals surface area contributed by atoms with Gasteiger partial charge in [0.25, 0.3) is 5.91 Å². The average Bonchev–Trinajstić information content (AvgIpc) is 2.69. The van der Waals surface area contributed by atoms with E-state index in [1.165, 1.54) is 18.6 Å². The van der Waals surface area contributed by atoms with Crippen molar-refractivity contribution in [2.24, 2.45) is 5.10 Å². The van der Waals surface area contributed by atoms with Gasteiger partial charge in [0.1, 0.15) is 5.75 Å². The molecule has 0 saturated heterocycles. The van der Waals surface area contributed by atoms with Crippen LogP contribution in [0.15, 0.2) is 78.2 Å². The molecule has 0 spiro atoms. The summed E-state index contributed by atoms with van der Waals surface area (Å²) < 4.78 is 5.34. The smallest absolute Gasteiger partial charge is 0.345 e. The number of hydrazone groups is 1. The molecule has 27 heavy (non-hydrogen) atoms. The van der Waals surface area contributed by atoms with Gasteiger partial charge in [0.2, 0.25) is 0 Å². The monoisotopic (exact) mass is 379 g/mol. The maximum absolute atomic E-state index is 12.2. The Morgan fingerprint density at radius 3 is 2.59 bits per heavy atom. The van der Waals surface area contributed by atoms with Crippen LogP contribution in [-0.2, 0) is 0 Å². The van der Waals surface area contributed by atoms with Gasteiger partial charge in [0.05, 0.1) is 16.8 Å². The van der Waals surface area contributed by atoms with Gasteiger partial charge in [-0.25, -0.2) is 10.2 Å². The summed E-state index contributed by atoms with van der Waals surface area (Å²) in [5.74, 6) is -0.569. The molecule has 0 fully saturated rings. The first-order valence-corrected chi connectivity index (χ1v) is 8.31. The summed E-state index contributed by atoms with van der Waals surface area (Å²) in [7, 11) is 0. The lowest BCUT2D eigenvalue weighted by Gasteiger charge is -2.06. The minimum atomic E-state index is -0.555. The average molecular weight is 380 g/mol. The topological polar surface area (TPSA) is 80.6 Å². The summed E-state index contributed by atoms with van der Waals surface area (Å²) in [4.78, 5) is 28.0. The Labute approximate surface area is 160 Å².